The Morgan fingerprint density at radius 2 is 2.00 bits per heavy atom. The van der Waals surface area contributed by atoms with Crippen LogP contribution in [0.25, 0.3) is 0 Å². The van der Waals surface area contributed by atoms with Crippen LogP contribution in [0.5, 0.6) is 0 Å². The molecule has 2 unspecified atom stereocenters. The fraction of sp³-hybridized carbons (Fsp3) is 0.579. The van der Waals surface area contributed by atoms with Crippen molar-refractivity contribution in [3.05, 3.63) is 35.6 Å². The zero-order valence-corrected chi connectivity index (χ0v) is 16.0. The van der Waals surface area contributed by atoms with Crippen LogP contribution >= 0.6 is 11.8 Å². The highest BCUT2D eigenvalue weighted by atomic mass is 32.2. The van der Waals surface area contributed by atoms with Crippen LogP contribution in [0.2, 0.25) is 0 Å². The number of amides is 1. The standard InChI is InChI=1S/C19H26FNO3S/c1-12(2)8-17-21(18(22)14-6-5-7-15(20)9-14)16(11-25-17)19(23)24-10-13(3)4/h5-7,9,12-13,16-17H,8,10-11H2,1-4H3. The van der Waals surface area contributed by atoms with Crippen LogP contribution in [-0.4, -0.2) is 40.6 Å². The van der Waals surface area contributed by atoms with E-state index in [1.807, 2.05) is 13.8 Å². The Morgan fingerprint density at radius 3 is 2.60 bits per heavy atom. The molecule has 1 heterocycles. The zero-order chi connectivity index (χ0) is 18.6. The summed E-state index contributed by atoms with van der Waals surface area (Å²) in [6.45, 7) is 8.42. The second-order valence-corrected chi connectivity index (χ2v) is 8.39. The Kier molecular flexibility index (Phi) is 6.87. The first-order valence-electron chi connectivity index (χ1n) is 8.66. The topological polar surface area (TPSA) is 46.6 Å². The van der Waals surface area contributed by atoms with Crippen LogP contribution in [0.4, 0.5) is 4.39 Å². The van der Waals surface area contributed by atoms with Crippen molar-refractivity contribution in [1.82, 2.24) is 4.90 Å². The van der Waals surface area contributed by atoms with Gasteiger partial charge >= 0.3 is 5.97 Å². The van der Waals surface area contributed by atoms with Crippen molar-refractivity contribution in [2.24, 2.45) is 11.8 Å². The minimum atomic E-state index is -0.622. The number of hydrogen-bond donors (Lipinski definition) is 0. The Balaban J connectivity index is 2.23. The second kappa shape index (κ2) is 8.70. The number of halogens is 1. The SMILES string of the molecule is CC(C)COC(=O)C1CSC(CC(C)C)N1C(=O)c1cccc(F)c1. The summed E-state index contributed by atoms with van der Waals surface area (Å²) in [6.07, 6.45) is 0.777. The van der Waals surface area contributed by atoms with Crippen molar-refractivity contribution in [2.75, 3.05) is 12.4 Å². The fourth-order valence-electron chi connectivity index (χ4n) is 2.72. The first-order chi connectivity index (χ1) is 11.8. The summed E-state index contributed by atoms with van der Waals surface area (Å²) < 4.78 is 18.9. The molecular formula is C19H26FNO3S. The number of carbonyl (C=O) groups excluding carboxylic acids is 2. The minimum absolute atomic E-state index is 0.104. The number of rotatable bonds is 6. The smallest absolute Gasteiger partial charge is 0.329 e. The van der Waals surface area contributed by atoms with E-state index in [-0.39, 0.29) is 28.7 Å². The lowest BCUT2D eigenvalue weighted by Gasteiger charge is -2.29. The van der Waals surface area contributed by atoms with Gasteiger partial charge in [-0.1, -0.05) is 33.8 Å². The van der Waals surface area contributed by atoms with E-state index in [9.17, 15) is 14.0 Å². The Morgan fingerprint density at radius 1 is 1.28 bits per heavy atom. The van der Waals surface area contributed by atoms with Crippen LogP contribution in [0.3, 0.4) is 0 Å². The lowest BCUT2D eigenvalue weighted by atomic mass is 10.1. The van der Waals surface area contributed by atoms with Crippen LogP contribution in [0, 0.1) is 17.7 Å². The summed E-state index contributed by atoms with van der Waals surface area (Å²) in [5.41, 5.74) is 0.262. The number of carbonyl (C=O) groups is 2. The molecule has 0 aliphatic carbocycles. The summed E-state index contributed by atoms with van der Waals surface area (Å²) in [4.78, 5) is 27.1. The highest BCUT2D eigenvalue weighted by molar-refractivity contribution is 8.00. The molecule has 25 heavy (non-hydrogen) atoms. The van der Waals surface area contributed by atoms with Gasteiger partial charge in [-0.3, -0.25) is 4.79 Å². The average molecular weight is 367 g/mol. The maximum Gasteiger partial charge on any atom is 0.329 e. The third-order valence-corrected chi connectivity index (χ3v) is 5.22. The maximum atomic E-state index is 13.5. The van der Waals surface area contributed by atoms with Gasteiger partial charge in [0.25, 0.3) is 5.91 Å². The van der Waals surface area contributed by atoms with Gasteiger partial charge in [-0.25, -0.2) is 9.18 Å². The molecule has 0 aromatic heterocycles. The van der Waals surface area contributed by atoms with E-state index < -0.39 is 11.9 Å². The Bertz CT molecular complexity index is 620. The molecule has 1 aliphatic rings. The monoisotopic (exact) mass is 367 g/mol. The number of esters is 1. The molecular weight excluding hydrogens is 341 g/mol. The van der Waals surface area contributed by atoms with Crippen LogP contribution in [0.15, 0.2) is 24.3 Å². The van der Waals surface area contributed by atoms with Crippen LogP contribution in [0.1, 0.15) is 44.5 Å². The van der Waals surface area contributed by atoms with Crippen molar-refractivity contribution in [3.8, 4) is 0 Å². The predicted molar refractivity (Wildman–Crippen MR) is 97.9 cm³/mol. The first-order valence-corrected chi connectivity index (χ1v) is 9.71. The summed E-state index contributed by atoms with van der Waals surface area (Å²) in [5.74, 6) is -0.0338. The highest BCUT2D eigenvalue weighted by Crippen LogP contribution is 2.35. The molecule has 0 bridgehead atoms. The summed E-state index contributed by atoms with van der Waals surface area (Å²) in [7, 11) is 0. The van der Waals surface area contributed by atoms with Crippen LogP contribution < -0.4 is 0 Å². The van der Waals surface area contributed by atoms with Gasteiger partial charge in [-0.2, -0.15) is 0 Å². The maximum absolute atomic E-state index is 13.5. The van der Waals surface area contributed by atoms with Crippen molar-refractivity contribution in [2.45, 2.75) is 45.5 Å². The van der Waals surface area contributed by atoms with Gasteiger partial charge in [0, 0.05) is 11.3 Å². The Hall–Kier alpha value is -1.56. The average Bonchev–Trinajstić information content (AvgIpc) is 2.94. The molecule has 138 valence electrons. The summed E-state index contributed by atoms with van der Waals surface area (Å²) in [6, 6.07) is 4.99. The Labute approximate surface area is 153 Å². The van der Waals surface area contributed by atoms with E-state index >= 15 is 0 Å². The molecule has 1 aliphatic heterocycles. The van der Waals surface area contributed by atoms with Gasteiger partial charge in [-0.15, -0.1) is 11.8 Å². The van der Waals surface area contributed by atoms with E-state index in [4.69, 9.17) is 4.74 Å². The summed E-state index contributed by atoms with van der Waals surface area (Å²) in [5, 5.41) is -0.104. The molecule has 0 N–H and O–H groups in total. The lowest BCUT2D eigenvalue weighted by molar-refractivity contribution is -0.149. The quantitative estimate of drug-likeness (QED) is 0.714. The zero-order valence-electron chi connectivity index (χ0n) is 15.2. The number of hydrogen-bond acceptors (Lipinski definition) is 4. The van der Waals surface area contributed by atoms with Crippen molar-refractivity contribution < 1.29 is 18.7 Å². The normalized spacial score (nSPS) is 20.4. The molecule has 2 rings (SSSR count). The minimum Gasteiger partial charge on any atom is -0.464 e. The van der Waals surface area contributed by atoms with Gasteiger partial charge < -0.3 is 9.64 Å². The van der Waals surface area contributed by atoms with E-state index in [1.165, 1.54) is 18.2 Å². The predicted octanol–water partition coefficient (Wildman–Crippen LogP) is 3.95. The van der Waals surface area contributed by atoms with E-state index in [0.717, 1.165) is 6.42 Å². The highest BCUT2D eigenvalue weighted by Gasteiger charge is 2.42. The molecule has 0 radical (unpaired) electrons. The third kappa shape index (κ3) is 5.21. The number of nitrogens with zero attached hydrogens (tertiary/aromatic N) is 1. The van der Waals surface area contributed by atoms with Crippen molar-refractivity contribution in [3.63, 3.8) is 0 Å². The molecule has 1 aromatic rings. The molecule has 1 amide bonds. The molecule has 6 heteroatoms. The molecule has 1 saturated heterocycles. The molecule has 4 nitrogen and oxygen atoms in total. The molecule has 1 aromatic carbocycles. The number of ether oxygens (including phenoxy) is 1. The largest absolute Gasteiger partial charge is 0.464 e. The molecule has 0 spiro atoms. The second-order valence-electron chi connectivity index (χ2n) is 7.18. The van der Waals surface area contributed by atoms with Gasteiger partial charge in [0.2, 0.25) is 0 Å². The molecule has 2 atom stereocenters. The number of thioether (sulfide) groups is 1. The molecule has 0 saturated carbocycles. The van der Waals surface area contributed by atoms with E-state index in [1.54, 1.807) is 22.7 Å². The van der Waals surface area contributed by atoms with Crippen molar-refractivity contribution in [1.29, 1.82) is 0 Å². The van der Waals surface area contributed by atoms with Gasteiger partial charge in [0.05, 0.1) is 12.0 Å². The van der Waals surface area contributed by atoms with E-state index in [0.29, 0.717) is 18.3 Å². The van der Waals surface area contributed by atoms with Gasteiger partial charge in [-0.05, 0) is 36.5 Å². The lowest BCUT2D eigenvalue weighted by Crippen LogP contribution is -2.46. The van der Waals surface area contributed by atoms with E-state index in [2.05, 4.69) is 13.8 Å². The van der Waals surface area contributed by atoms with Crippen LogP contribution in [-0.2, 0) is 9.53 Å². The molecule has 1 fully saturated rings. The van der Waals surface area contributed by atoms with Gasteiger partial charge in [0.1, 0.15) is 11.9 Å². The summed E-state index contributed by atoms with van der Waals surface area (Å²) >= 11 is 1.59. The number of benzene rings is 1. The first kappa shape index (κ1) is 19.8. The third-order valence-electron chi connectivity index (χ3n) is 3.90. The van der Waals surface area contributed by atoms with Gasteiger partial charge in [0.15, 0.2) is 0 Å². The fourth-order valence-corrected chi connectivity index (χ4v) is 4.34. The van der Waals surface area contributed by atoms with Crippen molar-refractivity contribution >= 4 is 23.6 Å².